The van der Waals surface area contributed by atoms with Gasteiger partial charge in [-0.2, -0.15) is 0 Å². The average Bonchev–Trinajstić information content (AvgIpc) is 2.59. The molecule has 23 heavy (non-hydrogen) atoms. The van der Waals surface area contributed by atoms with E-state index in [0.717, 1.165) is 17.1 Å². The zero-order valence-corrected chi connectivity index (χ0v) is 13.1. The SMILES string of the molecule is Cc1ccc(N(/C(N)=N/c2ccccc2)c2ccccc2)cc1. The van der Waals surface area contributed by atoms with Crippen LogP contribution in [0.5, 0.6) is 0 Å². The lowest BCUT2D eigenvalue weighted by Crippen LogP contribution is -2.33. The summed E-state index contributed by atoms with van der Waals surface area (Å²) in [7, 11) is 0. The molecule has 0 amide bonds. The number of benzene rings is 3. The van der Waals surface area contributed by atoms with Gasteiger partial charge in [-0.25, -0.2) is 4.99 Å². The molecule has 3 aromatic rings. The van der Waals surface area contributed by atoms with Crippen molar-refractivity contribution in [1.29, 1.82) is 0 Å². The van der Waals surface area contributed by atoms with Gasteiger partial charge in [-0.15, -0.1) is 0 Å². The van der Waals surface area contributed by atoms with Gasteiger partial charge in [0.25, 0.3) is 0 Å². The van der Waals surface area contributed by atoms with Crippen molar-refractivity contribution in [3.8, 4) is 0 Å². The Morgan fingerprint density at radius 3 is 1.87 bits per heavy atom. The van der Waals surface area contributed by atoms with Crippen LogP contribution in [-0.2, 0) is 0 Å². The van der Waals surface area contributed by atoms with Crippen molar-refractivity contribution < 1.29 is 0 Å². The van der Waals surface area contributed by atoms with E-state index in [-0.39, 0.29) is 0 Å². The number of aliphatic imine (C=N–C) groups is 1. The van der Waals surface area contributed by atoms with Crippen LogP contribution in [0.2, 0.25) is 0 Å². The van der Waals surface area contributed by atoms with Gasteiger partial charge in [0.2, 0.25) is 5.96 Å². The maximum absolute atomic E-state index is 6.33. The van der Waals surface area contributed by atoms with E-state index in [4.69, 9.17) is 5.73 Å². The summed E-state index contributed by atoms with van der Waals surface area (Å²) in [5, 5.41) is 0. The van der Waals surface area contributed by atoms with Crippen LogP contribution in [0, 0.1) is 6.92 Å². The standard InChI is InChI=1S/C20H19N3/c1-16-12-14-19(15-13-16)23(18-10-6-3-7-11-18)20(21)22-17-8-4-2-5-9-17/h2-15H,1H3,(H2,21,22). The molecule has 0 bridgehead atoms. The Labute approximate surface area is 136 Å². The molecule has 114 valence electrons. The quantitative estimate of drug-likeness (QED) is 0.559. The Balaban J connectivity index is 2.05. The fourth-order valence-electron chi connectivity index (χ4n) is 2.37. The Bertz CT molecular complexity index is 778. The number of aryl methyl sites for hydroxylation is 1. The molecule has 0 aromatic heterocycles. The van der Waals surface area contributed by atoms with Gasteiger partial charge >= 0.3 is 0 Å². The smallest absolute Gasteiger partial charge is 0.205 e. The Morgan fingerprint density at radius 2 is 1.26 bits per heavy atom. The molecule has 0 atom stereocenters. The van der Waals surface area contributed by atoms with Crippen LogP contribution in [0.4, 0.5) is 17.1 Å². The molecule has 0 aliphatic heterocycles. The molecule has 0 fully saturated rings. The van der Waals surface area contributed by atoms with Crippen molar-refractivity contribution in [2.24, 2.45) is 10.7 Å². The molecule has 3 nitrogen and oxygen atoms in total. The third-order valence-corrected chi connectivity index (χ3v) is 3.54. The molecule has 0 saturated heterocycles. The molecule has 0 saturated carbocycles. The van der Waals surface area contributed by atoms with Crippen LogP contribution in [0.15, 0.2) is 89.9 Å². The molecule has 3 rings (SSSR count). The predicted molar refractivity (Wildman–Crippen MR) is 97.5 cm³/mol. The summed E-state index contributed by atoms with van der Waals surface area (Å²) in [5.74, 6) is 0.436. The molecule has 3 heteroatoms. The first-order valence-corrected chi connectivity index (χ1v) is 7.55. The van der Waals surface area contributed by atoms with E-state index in [9.17, 15) is 0 Å². The van der Waals surface area contributed by atoms with Gasteiger partial charge < -0.3 is 5.73 Å². The fraction of sp³-hybridized carbons (Fsp3) is 0.0500. The first-order chi connectivity index (χ1) is 11.2. The maximum atomic E-state index is 6.33. The van der Waals surface area contributed by atoms with Gasteiger partial charge in [-0.1, -0.05) is 54.1 Å². The van der Waals surface area contributed by atoms with Crippen LogP contribution >= 0.6 is 0 Å². The number of para-hydroxylation sites is 2. The van der Waals surface area contributed by atoms with Gasteiger partial charge in [-0.3, -0.25) is 4.90 Å². The fourth-order valence-corrected chi connectivity index (χ4v) is 2.37. The summed E-state index contributed by atoms with van der Waals surface area (Å²) in [4.78, 5) is 6.51. The highest BCUT2D eigenvalue weighted by atomic mass is 15.3. The van der Waals surface area contributed by atoms with Crippen molar-refractivity contribution in [1.82, 2.24) is 0 Å². The van der Waals surface area contributed by atoms with E-state index in [0.29, 0.717) is 5.96 Å². The Morgan fingerprint density at radius 1 is 0.739 bits per heavy atom. The second-order valence-electron chi connectivity index (χ2n) is 5.31. The molecular formula is C20H19N3. The Hall–Kier alpha value is -3.07. The predicted octanol–water partition coefficient (Wildman–Crippen LogP) is 4.78. The largest absolute Gasteiger partial charge is 0.369 e. The monoisotopic (exact) mass is 301 g/mol. The van der Waals surface area contributed by atoms with E-state index in [1.165, 1.54) is 5.56 Å². The second kappa shape index (κ2) is 6.79. The third-order valence-electron chi connectivity index (χ3n) is 3.54. The van der Waals surface area contributed by atoms with Crippen molar-refractivity contribution in [2.75, 3.05) is 4.90 Å². The molecule has 0 aliphatic carbocycles. The van der Waals surface area contributed by atoms with Crippen molar-refractivity contribution in [3.05, 3.63) is 90.5 Å². The maximum Gasteiger partial charge on any atom is 0.205 e. The zero-order valence-electron chi connectivity index (χ0n) is 13.1. The number of nitrogens with zero attached hydrogens (tertiary/aromatic N) is 2. The summed E-state index contributed by atoms with van der Waals surface area (Å²) in [6.07, 6.45) is 0. The van der Waals surface area contributed by atoms with E-state index >= 15 is 0 Å². The summed E-state index contributed by atoms with van der Waals surface area (Å²) < 4.78 is 0. The van der Waals surface area contributed by atoms with Gasteiger partial charge in [0, 0.05) is 11.4 Å². The van der Waals surface area contributed by atoms with Crippen LogP contribution < -0.4 is 10.6 Å². The van der Waals surface area contributed by atoms with Crippen LogP contribution in [0.1, 0.15) is 5.56 Å². The first kappa shape index (κ1) is 14.9. The van der Waals surface area contributed by atoms with Crippen molar-refractivity contribution in [2.45, 2.75) is 6.92 Å². The lowest BCUT2D eigenvalue weighted by Gasteiger charge is -2.24. The highest BCUT2D eigenvalue weighted by molar-refractivity contribution is 6.02. The minimum Gasteiger partial charge on any atom is -0.369 e. The van der Waals surface area contributed by atoms with Crippen LogP contribution in [0.3, 0.4) is 0 Å². The lowest BCUT2D eigenvalue weighted by atomic mass is 10.2. The first-order valence-electron chi connectivity index (χ1n) is 7.55. The van der Waals surface area contributed by atoms with Crippen LogP contribution in [-0.4, -0.2) is 5.96 Å². The summed E-state index contributed by atoms with van der Waals surface area (Å²) in [5.41, 5.74) is 10.3. The molecule has 0 unspecified atom stereocenters. The van der Waals surface area contributed by atoms with E-state index < -0.39 is 0 Å². The highest BCUT2D eigenvalue weighted by Crippen LogP contribution is 2.26. The molecule has 2 N–H and O–H groups in total. The highest BCUT2D eigenvalue weighted by Gasteiger charge is 2.13. The van der Waals surface area contributed by atoms with Gasteiger partial charge in [0.05, 0.1) is 5.69 Å². The number of hydrogen-bond acceptors (Lipinski definition) is 1. The zero-order chi connectivity index (χ0) is 16.1. The molecular weight excluding hydrogens is 282 g/mol. The summed E-state index contributed by atoms with van der Waals surface area (Å²) in [6, 6.07) is 28.0. The number of rotatable bonds is 3. The van der Waals surface area contributed by atoms with Gasteiger partial charge in [-0.05, 0) is 43.3 Å². The van der Waals surface area contributed by atoms with E-state index in [2.05, 4.69) is 36.2 Å². The summed E-state index contributed by atoms with van der Waals surface area (Å²) in [6.45, 7) is 2.07. The average molecular weight is 301 g/mol. The van der Waals surface area contributed by atoms with Crippen molar-refractivity contribution >= 4 is 23.0 Å². The van der Waals surface area contributed by atoms with E-state index in [1.54, 1.807) is 0 Å². The van der Waals surface area contributed by atoms with Crippen LogP contribution in [0.25, 0.3) is 0 Å². The third kappa shape index (κ3) is 3.58. The normalized spacial score (nSPS) is 11.3. The number of hydrogen-bond donors (Lipinski definition) is 1. The molecule has 3 aromatic carbocycles. The van der Waals surface area contributed by atoms with Gasteiger partial charge in [0.1, 0.15) is 0 Å². The second-order valence-corrected chi connectivity index (χ2v) is 5.31. The minimum absolute atomic E-state index is 0.436. The number of nitrogens with two attached hydrogens (primary N) is 1. The Kier molecular flexibility index (Phi) is 4.39. The minimum atomic E-state index is 0.436. The number of guanidine groups is 1. The van der Waals surface area contributed by atoms with Crippen molar-refractivity contribution in [3.63, 3.8) is 0 Å². The molecule has 0 aliphatic rings. The van der Waals surface area contributed by atoms with Gasteiger partial charge in [0.15, 0.2) is 0 Å². The van der Waals surface area contributed by atoms with E-state index in [1.807, 2.05) is 65.6 Å². The molecule has 0 spiro atoms. The molecule has 0 radical (unpaired) electrons. The summed E-state index contributed by atoms with van der Waals surface area (Å²) >= 11 is 0. The molecule has 0 heterocycles. The topological polar surface area (TPSA) is 41.6 Å². The number of anilines is 2. The lowest BCUT2D eigenvalue weighted by molar-refractivity contribution is 1.27.